The fraction of sp³-hybridized carbons (Fsp3) is 0.652. The van der Waals surface area contributed by atoms with E-state index in [-0.39, 0.29) is 29.9 Å². The van der Waals surface area contributed by atoms with Gasteiger partial charge >= 0.3 is 0 Å². The van der Waals surface area contributed by atoms with Gasteiger partial charge < -0.3 is 15.0 Å². The minimum Gasteiger partial charge on any atom is -0.489 e. The molecule has 1 aromatic carbocycles. The minimum atomic E-state index is -0.429. The van der Waals surface area contributed by atoms with Crippen LogP contribution in [0.25, 0.3) is 0 Å². The average Bonchev–Trinajstić information content (AvgIpc) is 3.38. The molecule has 0 radical (unpaired) electrons. The SMILES string of the molecule is O=C(N[C@@H]1CN2CCCC[C@@]2(C(=O)N2CC[C@@H](Oc3ccccc3)C2)C1)C1CC1. The quantitative estimate of drug-likeness (QED) is 0.827. The molecule has 3 aliphatic heterocycles. The lowest BCUT2D eigenvalue weighted by Crippen LogP contribution is -2.58. The zero-order valence-corrected chi connectivity index (χ0v) is 17.0. The lowest BCUT2D eigenvalue weighted by Gasteiger charge is -2.42. The lowest BCUT2D eigenvalue weighted by molar-refractivity contribution is -0.144. The summed E-state index contributed by atoms with van der Waals surface area (Å²) in [6.45, 7) is 3.18. The van der Waals surface area contributed by atoms with Gasteiger partial charge in [-0.05, 0) is 57.2 Å². The number of benzene rings is 1. The molecule has 1 N–H and O–H groups in total. The number of para-hydroxylation sites is 1. The molecule has 0 aromatic heterocycles. The average molecular weight is 398 g/mol. The summed E-state index contributed by atoms with van der Waals surface area (Å²) in [5, 5.41) is 3.23. The molecule has 0 bridgehead atoms. The van der Waals surface area contributed by atoms with Crippen molar-refractivity contribution >= 4 is 11.8 Å². The summed E-state index contributed by atoms with van der Waals surface area (Å²) in [7, 11) is 0. The Morgan fingerprint density at radius 3 is 2.66 bits per heavy atom. The highest BCUT2D eigenvalue weighted by atomic mass is 16.5. The number of amides is 2. The highest BCUT2D eigenvalue weighted by Crippen LogP contribution is 2.40. The van der Waals surface area contributed by atoms with Crippen LogP contribution in [0.2, 0.25) is 0 Å². The summed E-state index contributed by atoms with van der Waals surface area (Å²) in [5.74, 6) is 1.52. The fourth-order valence-electron chi connectivity index (χ4n) is 5.41. The fourth-order valence-corrected chi connectivity index (χ4v) is 5.41. The summed E-state index contributed by atoms with van der Waals surface area (Å²) < 4.78 is 6.09. The normalized spacial score (nSPS) is 32.1. The van der Waals surface area contributed by atoms with Gasteiger partial charge in [-0.15, -0.1) is 0 Å². The van der Waals surface area contributed by atoms with Crippen LogP contribution >= 0.6 is 0 Å². The first-order valence-corrected chi connectivity index (χ1v) is 11.2. The van der Waals surface area contributed by atoms with Gasteiger partial charge in [0.05, 0.1) is 6.54 Å². The number of nitrogens with one attached hydrogen (secondary N) is 1. The van der Waals surface area contributed by atoms with Gasteiger partial charge in [0.1, 0.15) is 17.4 Å². The van der Waals surface area contributed by atoms with Gasteiger partial charge in [-0.25, -0.2) is 0 Å². The molecular weight excluding hydrogens is 366 g/mol. The number of ether oxygens (including phenoxy) is 1. The molecule has 0 unspecified atom stereocenters. The summed E-state index contributed by atoms with van der Waals surface area (Å²) in [6.07, 6.45) is 6.85. The summed E-state index contributed by atoms with van der Waals surface area (Å²) >= 11 is 0. The Labute approximate surface area is 172 Å². The van der Waals surface area contributed by atoms with Crippen LogP contribution in [0.15, 0.2) is 30.3 Å². The molecule has 4 aliphatic rings. The molecular formula is C23H31N3O3. The van der Waals surface area contributed by atoms with E-state index in [4.69, 9.17) is 4.74 Å². The zero-order chi connectivity index (χ0) is 19.8. The van der Waals surface area contributed by atoms with Crippen LogP contribution in [0, 0.1) is 5.92 Å². The third-order valence-electron chi connectivity index (χ3n) is 7.07. The van der Waals surface area contributed by atoms with Crippen LogP contribution in [0.4, 0.5) is 0 Å². The maximum absolute atomic E-state index is 13.7. The molecule has 6 heteroatoms. The zero-order valence-electron chi connectivity index (χ0n) is 17.0. The van der Waals surface area contributed by atoms with E-state index in [0.29, 0.717) is 6.54 Å². The van der Waals surface area contributed by atoms with Crippen molar-refractivity contribution in [3.8, 4) is 5.75 Å². The van der Waals surface area contributed by atoms with Crippen molar-refractivity contribution in [2.75, 3.05) is 26.2 Å². The van der Waals surface area contributed by atoms with Crippen molar-refractivity contribution in [3.63, 3.8) is 0 Å². The van der Waals surface area contributed by atoms with Crippen molar-refractivity contribution < 1.29 is 14.3 Å². The molecule has 29 heavy (non-hydrogen) atoms. The Kier molecular flexibility index (Phi) is 4.98. The third kappa shape index (κ3) is 3.75. The van der Waals surface area contributed by atoms with Gasteiger partial charge in [-0.3, -0.25) is 14.5 Å². The standard InChI is InChI=1S/C23H31N3O3/c27-21(17-8-9-17)24-18-14-23(11-4-5-12-26(23)15-18)22(28)25-13-10-20(16-25)29-19-6-2-1-3-7-19/h1-3,6-7,17-18,20H,4-5,8-16H2,(H,24,27)/t18-,20+,23-/m0/s1. The van der Waals surface area contributed by atoms with E-state index >= 15 is 0 Å². The second-order valence-electron chi connectivity index (χ2n) is 9.21. The summed E-state index contributed by atoms with van der Waals surface area (Å²) in [4.78, 5) is 30.3. The van der Waals surface area contributed by atoms with Crippen molar-refractivity contribution in [2.24, 2.45) is 5.92 Å². The number of piperidine rings is 1. The number of hydrogen-bond donors (Lipinski definition) is 1. The van der Waals surface area contributed by atoms with E-state index in [1.165, 1.54) is 0 Å². The molecule has 5 rings (SSSR count). The van der Waals surface area contributed by atoms with Crippen LogP contribution < -0.4 is 10.1 Å². The molecule has 4 fully saturated rings. The van der Waals surface area contributed by atoms with Crippen LogP contribution in [-0.2, 0) is 9.59 Å². The first-order valence-electron chi connectivity index (χ1n) is 11.2. The van der Waals surface area contributed by atoms with Gasteiger partial charge in [0.15, 0.2) is 0 Å². The number of fused-ring (bicyclic) bond motifs is 1. The van der Waals surface area contributed by atoms with E-state index in [1.54, 1.807) is 0 Å². The van der Waals surface area contributed by atoms with Crippen LogP contribution in [0.5, 0.6) is 5.75 Å². The highest BCUT2D eigenvalue weighted by Gasteiger charge is 2.54. The van der Waals surface area contributed by atoms with E-state index in [0.717, 1.165) is 70.3 Å². The topological polar surface area (TPSA) is 61.9 Å². The summed E-state index contributed by atoms with van der Waals surface area (Å²) in [6, 6.07) is 9.96. The van der Waals surface area contributed by atoms with Crippen LogP contribution in [0.3, 0.4) is 0 Å². The van der Waals surface area contributed by atoms with Gasteiger partial charge in [0.2, 0.25) is 11.8 Å². The third-order valence-corrected chi connectivity index (χ3v) is 7.07. The molecule has 156 valence electrons. The number of rotatable bonds is 5. The van der Waals surface area contributed by atoms with Crippen LogP contribution in [0.1, 0.15) is 44.9 Å². The van der Waals surface area contributed by atoms with Gasteiger partial charge in [0, 0.05) is 31.5 Å². The smallest absolute Gasteiger partial charge is 0.243 e. The predicted octanol–water partition coefficient (Wildman–Crippen LogP) is 2.19. The van der Waals surface area contributed by atoms with Crippen molar-refractivity contribution in [3.05, 3.63) is 30.3 Å². The van der Waals surface area contributed by atoms with Crippen molar-refractivity contribution in [1.82, 2.24) is 15.1 Å². The number of carbonyl (C=O) groups is 2. The van der Waals surface area contributed by atoms with E-state index in [2.05, 4.69) is 10.2 Å². The molecule has 1 saturated carbocycles. The number of hydrogen-bond acceptors (Lipinski definition) is 4. The maximum Gasteiger partial charge on any atom is 0.243 e. The largest absolute Gasteiger partial charge is 0.489 e. The monoisotopic (exact) mass is 397 g/mol. The Balaban J connectivity index is 1.25. The van der Waals surface area contributed by atoms with E-state index in [9.17, 15) is 9.59 Å². The molecule has 2 amide bonds. The second kappa shape index (κ2) is 7.63. The molecule has 3 atom stereocenters. The molecule has 1 aromatic rings. The molecule has 3 saturated heterocycles. The van der Waals surface area contributed by atoms with Gasteiger partial charge in [-0.1, -0.05) is 18.2 Å². The number of likely N-dealkylation sites (tertiary alicyclic amines) is 1. The number of nitrogens with zero attached hydrogens (tertiary/aromatic N) is 2. The molecule has 1 aliphatic carbocycles. The van der Waals surface area contributed by atoms with Gasteiger partial charge in [0.25, 0.3) is 0 Å². The Morgan fingerprint density at radius 2 is 1.86 bits per heavy atom. The predicted molar refractivity (Wildman–Crippen MR) is 109 cm³/mol. The first kappa shape index (κ1) is 18.9. The Bertz CT molecular complexity index is 766. The lowest BCUT2D eigenvalue weighted by atomic mass is 9.84. The molecule has 0 spiro atoms. The Morgan fingerprint density at radius 1 is 1.03 bits per heavy atom. The van der Waals surface area contributed by atoms with Crippen molar-refractivity contribution in [1.29, 1.82) is 0 Å². The van der Waals surface area contributed by atoms with E-state index < -0.39 is 5.54 Å². The minimum absolute atomic E-state index is 0.0570. The first-order chi connectivity index (χ1) is 14.1. The molecule has 6 nitrogen and oxygen atoms in total. The highest BCUT2D eigenvalue weighted by molar-refractivity contribution is 5.88. The summed E-state index contributed by atoms with van der Waals surface area (Å²) in [5.41, 5.74) is -0.429. The number of carbonyl (C=O) groups excluding carboxylic acids is 2. The Hall–Kier alpha value is -2.08. The second-order valence-corrected chi connectivity index (χ2v) is 9.21. The maximum atomic E-state index is 13.7. The molecule has 3 heterocycles. The van der Waals surface area contributed by atoms with Crippen molar-refractivity contribution in [2.45, 2.75) is 62.6 Å². The van der Waals surface area contributed by atoms with Gasteiger partial charge in [-0.2, -0.15) is 0 Å². The van der Waals surface area contributed by atoms with Crippen LogP contribution in [-0.4, -0.2) is 65.5 Å². The van der Waals surface area contributed by atoms with E-state index in [1.807, 2.05) is 35.2 Å².